The molecule has 0 spiro atoms. The highest BCUT2D eigenvalue weighted by Gasteiger charge is 2.22. The summed E-state index contributed by atoms with van der Waals surface area (Å²) in [5, 5.41) is 26.3. The summed E-state index contributed by atoms with van der Waals surface area (Å²) in [6, 6.07) is 19.7. The molecule has 2 amide bonds. The van der Waals surface area contributed by atoms with E-state index in [9.17, 15) is 57.8 Å². The fraction of sp³-hybridized carbons (Fsp3) is 0.0571. The van der Waals surface area contributed by atoms with E-state index in [4.69, 9.17) is 0 Å². The molecule has 292 valence electrons. The molecule has 0 radical (unpaired) electrons. The second-order valence-electron chi connectivity index (χ2n) is 12.5. The van der Waals surface area contributed by atoms with Gasteiger partial charge < -0.3 is 20.8 Å². The van der Waals surface area contributed by atoms with E-state index in [1.165, 1.54) is 86.6 Å². The SMILES string of the molecule is Cc1ccc(NC(=O)Nc2ccc(C)c(S(=O)(=O)Nc3ccc4cc(S(=O)(=O)O)c(O)cc4c3)c2)cc1S(=O)(=O)Nc1ccc2cc(S(=O)(=O)O)c(O)cc2c1. The fourth-order valence-electron chi connectivity index (χ4n) is 5.72. The molecule has 0 aliphatic carbocycles. The predicted octanol–water partition coefficient (Wildman–Crippen LogP) is 5.76. The molecule has 6 rings (SSSR count). The van der Waals surface area contributed by atoms with Gasteiger partial charge in [0.2, 0.25) is 0 Å². The number of amides is 2. The third-order valence-corrected chi connectivity index (χ3v) is 13.2. The van der Waals surface area contributed by atoms with Gasteiger partial charge in [-0.05, 0) is 119 Å². The lowest BCUT2D eigenvalue weighted by atomic mass is 10.1. The molecule has 0 saturated carbocycles. The van der Waals surface area contributed by atoms with E-state index in [0.29, 0.717) is 11.1 Å². The predicted molar refractivity (Wildman–Crippen MR) is 207 cm³/mol. The Morgan fingerprint density at radius 3 is 1.16 bits per heavy atom. The maximum absolute atomic E-state index is 13.5. The molecule has 0 bridgehead atoms. The number of carbonyl (C=O) groups excluding carboxylic acids is 1. The Morgan fingerprint density at radius 1 is 0.446 bits per heavy atom. The number of aryl methyl sites for hydroxylation is 2. The van der Waals surface area contributed by atoms with Crippen molar-refractivity contribution < 1.29 is 57.8 Å². The van der Waals surface area contributed by atoms with E-state index >= 15 is 0 Å². The van der Waals surface area contributed by atoms with Crippen molar-refractivity contribution in [1.29, 1.82) is 0 Å². The molecule has 0 atom stereocenters. The highest BCUT2D eigenvalue weighted by molar-refractivity contribution is 7.93. The van der Waals surface area contributed by atoms with Crippen molar-refractivity contribution in [3.8, 4) is 11.5 Å². The first-order chi connectivity index (χ1) is 26.0. The molecule has 0 fully saturated rings. The van der Waals surface area contributed by atoms with Crippen LogP contribution in [0.4, 0.5) is 27.5 Å². The van der Waals surface area contributed by atoms with Crippen LogP contribution in [0.1, 0.15) is 11.1 Å². The van der Waals surface area contributed by atoms with Crippen molar-refractivity contribution in [3.63, 3.8) is 0 Å². The third kappa shape index (κ3) is 8.46. The zero-order valence-corrected chi connectivity index (χ0v) is 32.1. The maximum atomic E-state index is 13.5. The zero-order valence-electron chi connectivity index (χ0n) is 28.8. The van der Waals surface area contributed by atoms with Crippen LogP contribution < -0.4 is 20.1 Å². The van der Waals surface area contributed by atoms with E-state index in [0.717, 1.165) is 24.3 Å². The van der Waals surface area contributed by atoms with Crippen LogP contribution in [0.5, 0.6) is 11.5 Å². The molecular formula is C35H30N4O13S4. The molecule has 0 aliphatic heterocycles. The lowest BCUT2D eigenvalue weighted by molar-refractivity contribution is 0.262. The molecule has 56 heavy (non-hydrogen) atoms. The minimum absolute atomic E-state index is 0.0563. The lowest BCUT2D eigenvalue weighted by Crippen LogP contribution is -2.21. The molecule has 0 unspecified atom stereocenters. The van der Waals surface area contributed by atoms with Gasteiger partial charge in [0.25, 0.3) is 40.3 Å². The number of sulfonamides is 2. The van der Waals surface area contributed by atoms with Crippen molar-refractivity contribution in [1.82, 2.24) is 0 Å². The molecule has 8 N–H and O–H groups in total. The van der Waals surface area contributed by atoms with Crippen molar-refractivity contribution >= 4 is 90.6 Å². The number of phenols is 2. The van der Waals surface area contributed by atoms with Gasteiger partial charge in [0.15, 0.2) is 0 Å². The monoisotopic (exact) mass is 842 g/mol. The van der Waals surface area contributed by atoms with Crippen molar-refractivity contribution in [3.05, 3.63) is 108 Å². The zero-order chi connectivity index (χ0) is 41.0. The summed E-state index contributed by atoms with van der Waals surface area (Å²) in [4.78, 5) is 11.2. The van der Waals surface area contributed by atoms with Gasteiger partial charge in [-0.3, -0.25) is 18.5 Å². The number of hydrogen-bond acceptors (Lipinski definition) is 11. The molecular weight excluding hydrogens is 813 g/mol. The average molecular weight is 843 g/mol. The van der Waals surface area contributed by atoms with Gasteiger partial charge in [-0.2, -0.15) is 16.8 Å². The molecule has 0 heterocycles. The number of phenolic OH excluding ortho intramolecular Hbond substituents is 2. The largest absolute Gasteiger partial charge is 0.506 e. The Morgan fingerprint density at radius 2 is 0.804 bits per heavy atom. The van der Waals surface area contributed by atoms with Gasteiger partial charge in [0.05, 0.1) is 9.79 Å². The Kier molecular flexibility index (Phi) is 10.1. The van der Waals surface area contributed by atoms with Crippen LogP contribution in [0.2, 0.25) is 0 Å². The molecule has 0 saturated heterocycles. The second kappa shape index (κ2) is 14.3. The Labute approximate surface area is 320 Å². The van der Waals surface area contributed by atoms with Crippen LogP contribution in [0.15, 0.2) is 117 Å². The summed E-state index contributed by atoms with van der Waals surface area (Å²) >= 11 is 0. The molecule has 17 nitrogen and oxygen atoms in total. The minimum atomic E-state index is -4.71. The Bertz CT molecular complexity index is 2880. The second-order valence-corrected chi connectivity index (χ2v) is 18.5. The van der Waals surface area contributed by atoms with Crippen LogP contribution >= 0.6 is 0 Å². The minimum Gasteiger partial charge on any atom is -0.506 e. The standard InChI is InChI=1S/C35H30N4O13S4/c1-19-3-7-25(17-31(19)53(43,44)38-27-9-5-21-15-33(55(47,48)49)29(40)13-23(21)11-27)36-35(42)37-26-8-4-20(2)32(18-26)54(45,46)39-28-10-6-22-16-34(56(50,51)52)30(41)14-24(22)12-28/h3-18,38-41H,1-2H3,(H2,36,37,42)(H,47,48,49)(H,50,51,52). The average Bonchev–Trinajstić information content (AvgIpc) is 3.07. The summed E-state index contributed by atoms with van der Waals surface area (Å²) in [5.41, 5.74) is 0.851. The summed E-state index contributed by atoms with van der Waals surface area (Å²) in [6.45, 7) is 3.05. The molecule has 6 aromatic rings. The lowest BCUT2D eigenvalue weighted by Gasteiger charge is -2.15. The van der Waals surface area contributed by atoms with E-state index < -0.39 is 67.6 Å². The van der Waals surface area contributed by atoms with E-state index in [2.05, 4.69) is 20.1 Å². The Balaban J connectivity index is 1.17. The van der Waals surface area contributed by atoms with Crippen LogP contribution in [-0.2, 0) is 40.3 Å². The first kappa shape index (κ1) is 39.7. The molecule has 0 aromatic heterocycles. The smallest absolute Gasteiger partial charge is 0.323 e. The fourth-order valence-corrected chi connectivity index (χ4v) is 9.56. The van der Waals surface area contributed by atoms with Gasteiger partial charge in [0, 0.05) is 22.7 Å². The van der Waals surface area contributed by atoms with Crippen LogP contribution in [0, 0.1) is 13.8 Å². The van der Waals surface area contributed by atoms with Crippen molar-refractivity contribution in [2.75, 3.05) is 20.1 Å². The number of urea groups is 1. The Hall–Kier alpha value is -5.97. The van der Waals surface area contributed by atoms with Crippen molar-refractivity contribution in [2.45, 2.75) is 33.4 Å². The van der Waals surface area contributed by atoms with Gasteiger partial charge in [-0.25, -0.2) is 21.6 Å². The molecule has 21 heteroatoms. The number of aromatic hydroxyl groups is 2. The number of hydrogen-bond donors (Lipinski definition) is 8. The normalized spacial score (nSPS) is 12.4. The first-order valence-corrected chi connectivity index (χ1v) is 21.7. The first-order valence-electron chi connectivity index (χ1n) is 15.8. The van der Waals surface area contributed by atoms with Crippen LogP contribution in [0.25, 0.3) is 21.5 Å². The molecule has 0 aliphatic rings. The number of rotatable bonds is 10. The van der Waals surface area contributed by atoms with Crippen LogP contribution in [-0.4, -0.2) is 59.0 Å². The van der Waals surface area contributed by atoms with Crippen LogP contribution in [0.3, 0.4) is 0 Å². The quantitative estimate of drug-likeness (QED) is 0.0763. The topological polar surface area (TPSA) is 283 Å². The van der Waals surface area contributed by atoms with E-state index in [-0.39, 0.29) is 54.1 Å². The summed E-state index contributed by atoms with van der Waals surface area (Å²) in [6.07, 6.45) is 0. The summed E-state index contributed by atoms with van der Waals surface area (Å²) < 4.78 is 123. The van der Waals surface area contributed by atoms with Gasteiger partial charge >= 0.3 is 6.03 Å². The number of carbonyl (C=O) groups is 1. The number of anilines is 4. The van der Waals surface area contributed by atoms with Gasteiger partial charge in [-0.15, -0.1) is 0 Å². The summed E-state index contributed by atoms with van der Waals surface area (Å²) in [7, 11) is -18.0. The molecule has 6 aromatic carbocycles. The van der Waals surface area contributed by atoms with Gasteiger partial charge in [0.1, 0.15) is 21.3 Å². The maximum Gasteiger partial charge on any atom is 0.323 e. The van der Waals surface area contributed by atoms with E-state index in [1.807, 2.05) is 0 Å². The third-order valence-electron chi connectivity index (χ3n) is 8.37. The van der Waals surface area contributed by atoms with Crippen molar-refractivity contribution in [2.24, 2.45) is 0 Å². The van der Waals surface area contributed by atoms with Gasteiger partial charge in [-0.1, -0.05) is 24.3 Å². The van der Waals surface area contributed by atoms with E-state index in [1.54, 1.807) is 0 Å². The number of benzene rings is 6. The number of nitrogens with one attached hydrogen (secondary N) is 4. The highest BCUT2D eigenvalue weighted by atomic mass is 32.2. The number of fused-ring (bicyclic) bond motifs is 2. The summed E-state index contributed by atoms with van der Waals surface area (Å²) in [5.74, 6) is -1.47. The highest BCUT2D eigenvalue weighted by Crippen LogP contribution is 2.33.